The van der Waals surface area contributed by atoms with Crippen LogP contribution in [0.2, 0.25) is 0 Å². The quantitative estimate of drug-likeness (QED) is 0.445. The molecule has 0 radical (unpaired) electrons. The van der Waals surface area contributed by atoms with Gasteiger partial charge in [-0.15, -0.1) is 11.8 Å². The molecule has 0 aliphatic rings. The van der Waals surface area contributed by atoms with Gasteiger partial charge in [0.1, 0.15) is 0 Å². The van der Waals surface area contributed by atoms with E-state index in [1.54, 1.807) is 17.8 Å². The van der Waals surface area contributed by atoms with Crippen LogP contribution in [0.4, 0.5) is 4.39 Å². The lowest BCUT2D eigenvalue weighted by molar-refractivity contribution is 0.564. The van der Waals surface area contributed by atoms with Crippen molar-refractivity contribution < 1.29 is 4.39 Å². The molecule has 0 spiro atoms. The number of rotatable bonds is 1. The summed E-state index contributed by atoms with van der Waals surface area (Å²) in [5, 5.41) is 0.741. The van der Waals surface area contributed by atoms with Gasteiger partial charge in [0, 0.05) is 4.75 Å². The maximum Gasteiger partial charge on any atom is 0.227 e. The van der Waals surface area contributed by atoms with Crippen LogP contribution in [-0.4, -0.2) is 9.73 Å². The zero-order valence-corrected chi connectivity index (χ0v) is 10.7. The van der Waals surface area contributed by atoms with E-state index in [2.05, 4.69) is 25.8 Å². The molecule has 0 aliphatic carbocycles. The largest absolute Gasteiger partial charge is 0.227 e. The zero-order valence-electron chi connectivity index (χ0n) is 7.77. The van der Waals surface area contributed by atoms with E-state index >= 15 is 0 Å². The number of aromatic nitrogens is 1. The van der Waals surface area contributed by atoms with Crippen LogP contribution in [0.1, 0.15) is 20.8 Å². The second-order valence-corrected chi connectivity index (χ2v) is 6.65. The Labute approximate surface area is 95.7 Å². The van der Waals surface area contributed by atoms with Gasteiger partial charge in [0.05, 0.1) is 8.60 Å². The number of pyridine rings is 1. The number of hydrogen-bond donors (Lipinski definition) is 0. The summed E-state index contributed by atoms with van der Waals surface area (Å²) in [4.78, 5) is 3.85. The average Bonchev–Trinajstić information content (AvgIpc) is 1.94. The zero-order chi connectivity index (χ0) is 10.1. The summed E-state index contributed by atoms with van der Waals surface area (Å²) in [7, 11) is 0. The van der Waals surface area contributed by atoms with Crippen molar-refractivity contribution in [2.45, 2.75) is 30.5 Å². The van der Waals surface area contributed by atoms with Crippen LogP contribution in [0.3, 0.4) is 0 Å². The summed E-state index contributed by atoms with van der Waals surface area (Å²) >= 11 is 3.50. The van der Waals surface area contributed by atoms with E-state index in [1.807, 2.05) is 28.7 Å². The van der Waals surface area contributed by atoms with E-state index in [1.165, 1.54) is 0 Å². The van der Waals surface area contributed by atoms with Crippen LogP contribution < -0.4 is 0 Å². The topological polar surface area (TPSA) is 12.9 Å². The minimum Gasteiger partial charge on any atom is -0.212 e. The minimum absolute atomic E-state index is 0.0756. The third-order valence-electron chi connectivity index (χ3n) is 1.19. The molecule has 0 amide bonds. The molecule has 1 aromatic heterocycles. The maximum absolute atomic E-state index is 13.0. The van der Waals surface area contributed by atoms with E-state index in [4.69, 9.17) is 0 Å². The van der Waals surface area contributed by atoms with Crippen molar-refractivity contribution >= 4 is 34.4 Å². The normalized spacial score (nSPS) is 11.8. The van der Waals surface area contributed by atoms with Crippen molar-refractivity contribution in [1.29, 1.82) is 0 Å². The first kappa shape index (κ1) is 11.2. The molecular weight excluding hydrogens is 300 g/mol. The van der Waals surface area contributed by atoms with Gasteiger partial charge in [0.2, 0.25) is 5.95 Å². The minimum atomic E-state index is -0.380. The molecule has 4 heteroatoms. The van der Waals surface area contributed by atoms with Gasteiger partial charge in [-0.2, -0.15) is 4.39 Å². The summed E-state index contributed by atoms with van der Waals surface area (Å²) in [6.07, 6.45) is 0. The van der Waals surface area contributed by atoms with Crippen LogP contribution in [-0.2, 0) is 0 Å². The Morgan fingerprint density at radius 1 is 1.38 bits per heavy atom. The Hall–Kier alpha value is 0.160. The lowest BCUT2D eigenvalue weighted by Gasteiger charge is -2.16. The molecular formula is C9H11FINS. The highest BCUT2D eigenvalue weighted by Crippen LogP contribution is 2.30. The van der Waals surface area contributed by atoms with E-state index < -0.39 is 0 Å². The molecule has 13 heavy (non-hydrogen) atoms. The third kappa shape index (κ3) is 3.81. The predicted octanol–water partition coefficient (Wildman–Crippen LogP) is 3.72. The molecule has 1 nitrogen and oxygen atoms in total. The van der Waals surface area contributed by atoms with Crippen LogP contribution in [0, 0.1) is 9.52 Å². The fraction of sp³-hybridized carbons (Fsp3) is 0.444. The highest BCUT2D eigenvalue weighted by atomic mass is 127. The number of thioether (sulfide) groups is 1. The second-order valence-electron chi connectivity index (χ2n) is 3.64. The molecule has 0 aromatic carbocycles. The van der Waals surface area contributed by atoms with Crippen LogP contribution in [0.15, 0.2) is 17.2 Å². The SMILES string of the molecule is CC(C)(C)Sc1ccc(I)c(F)n1. The summed E-state index contributed by atoms with van der Waals surface area (Å²) in [6, 6.07) is 3.59. The van der Waals surface area contributed by atoms with E-state index in [9.17, 15) is 4.39 Å². The first-order chi connectivity index (χ1) is 5.88. The van der Waals surface area contributed by atoms with Crippen LogP contribution in [0.5, 0.6) is 0 Å². The highest BCUT2D eigenvalue weighted by molar-refractivity contribution is 14.1. The summed E-state index contributed by atoms with van der Waals surface area (Å²) < 4.78 is 13.7. The van der Waals surface area contributed by atoms with E-state index in [-0.39, 0.29) is 10.7 Å². The fourth-order valence-corrected chi connectivity index (χ4v) is 1.96. The first-order valence-corrected chi connectivity index (χ1v) is 5.79. The molecule has 1 rings (SSSR count). The molecule has 72 valence electrons. The van der Waals surface area contributed by atoms with Gasteiger partial charge in [-0.3, -0.25) is 0 Å². The molecule has 0 unspecified atom stereocenters. The molecule has 1 aromatic rings. The van der Waals surface area contributed by atoms with E-state index in [0.29, 0.717) is 3.57 Å². The molecule has 0 saturated carbocycles. The lowest BCUT2D eigenvalue weighted by atomic mass is 10.3. The van der Waals surface area contributed by atoms with Crippen molar-refractivity contribution in [2.24, 2.45) is 0 Å². The molecule has 0 fully saturated rings. The van der Waals surface area contributed by atoms with Gasteiger partial charge >= 0.3 is 0 Å². The fourth-order valence-electron chi connectivity index (χ4n) is 0.771. The molecule has 1 heterocycles. The second kappa shape index (κ2) is 4.13. The highest BCUT2D eigenvalue weighted by Gasteiger charge is 2.13. The third-order valence-corrected chi connectivity index (χ3v) is 3.04. The molecule has 0 saturated heterocycles. The van der Waals surface area contributed by atoms with Gasteiger partial charge in [0.25, 0.3) is 0 Å². The van der Waals surface area contributed by atoms with Gasteiger partial charge in [-0.25, -0.2) is 4.98 Å². The van der Waals surface area contributed by atoms with Gasteiger partial charge < -0.3 is 0 Å². The Balaban J connectivity index is 2.86. The lowest BCUT2D eigenvalue weighted by Crippen LogP contribution is -2.07. The molecule has 0 aliphatic heterocycles. The number of hydrogen-bond acceptors (Lipinski definition) is 2. The molecule has 0 bridgehead atoms. The van der Waals surface area contributed by atoms with Crippen LogP contribution >= 0.6 is 34.4 Å². The maximum atomic E-state index is 13.0. The Morgan fingerprint density at radius 2 is 2.00 bits per heavy atom. The van der Waals surface area contributed by atoms with Crippen molar-refractivity contribution in [2.75, 3.05) is 0 Å². The van der Waals surface area contributed by atoms with E-state index in [0.717, 1.165) is 5.03 Å². The number of halogens is 2. The van der Waals surface area contributed by atoms with Gasteiger partial charge in [0.15, 0.2) is 0 Å². The Kier molecular flexibility index (Phi) is 3.57. The smallest absolute Gasteiger partial charge is 0.212 e. The predicted molar refractivity (Wildman–Crippen MR) is 62.5 cm³/mol. The number of nitrogens with zero attached hydrogens (tertiary/aromatic N) is 1. The van der Waals surface area contributed by atoms with Gasteiger partial charge in [-0.05, 0) is 34.7 Å². The molecule has 0 atom stereocenters. The van der Waals surface area contributed by atoms with Crippen molar-refractivity contribution in [3.8, 4) is 0 Å². The first-order valence-electron chi connectivity index (χ1n) is 3.89. The van der Waals surface area contributed by atoms with Crippen molar-refractivity contribution in [3.63, 3.8) is 0 Å². The standard InChI is InChI=1S/C9H11FINS/c1-9(2,3)13-7-5-4-6(11)8(10)12-7/h4-5H,1-3H3. The van der Waals surface area contributed by atoms with Gasteiger partial charge in [-0.1, -0.05) is 20.8 Å². The summed E-state index contributed by atoms with van der Waals surface area (Å²) in [6.45, 7) is 6.24. The van der Waals surface area contributed by atoms with Crippen molar-refractivity contribution in [3.05, 3.63) is 21.7 Å². The Morgan fingerprint density at radius 3 is 2.46 bits per heavy atom. The average molecular weight is 311 g/mol. The Bertz CT molecular complexity index is 309. The van der Waals surface area contributed by atoms with Crippen molar-refractivity contribution in [1.82, 2.24) is 4.98 Å². The monoisotopic (exact) mass is 311 g/mol. The summed E-state index contributed by atoms with van der Waals surface area (Å²) in [5.74, 6) is -0.380. The molecule has 0 N–H and O–H groups in total. The van der Waals surface area contributed by atoms with Crippen LogP contribution in [0.25, 0.3) is 0 Å². The summed E-state index contributed by atoms with van der Waals surface area (Å²) in [5.41, 5.74) is 0.